The number of fused-ring (bicyclic) bond motifs is 1. The SMILES string of the molecule is Cc1[nH]n2c(COS(C)=O)nnc2c1Cl. The van der Waals surface area contributed by atoms with Crippen molar-refractivity contribution in [3.8, 4) is 0 Å². The number of rotatable bonds is 3. The Labute approximate surface area is 93.2 Å². The highest BCUT2D eigenvalue weighted by molar-refractivity contribution is 7.79. The van der Waals surface area contributed by atoms with Gasteiger partial charge in [-0.15, -0.1) is 10.2 Å². The molecule has 82 valence electrons. The molecule has 0 amide bonds. The zero-order chi connectivity index (χ0) is 11.0. The Morgan fingerprint density at radius 2 is 2.33 bits per heavy atom. The molecule has 1 unspecified atom stereocenters. The Morgan fingerprint density at radius 3 is 3.00 bits per heavy atom. The number of nitrogens with one attached hydrogen (secondary N) is 1. The smallest absolute Gasteiger partial charge is 0.196 e. The van der Waals surface area contributed by atoms with Crippen molar-refractivity contribution in [2.24, 2.45) is 0 Å². The minimum atomic E-state index is -1.32. The van der Waals surface area contributed by atoms with Gasteiger partial charge in [0.15, 0.2) is 22.6 Å². The van der Waals surface area contributed by atoms with Crippen LogP contribution in [0.1, 0.15) is 11.5 Å². The number of aromatic nitrogens is 4. The lowest BCUT2D eigenvalue weighted by molar-refractivity contribution is 0.325. The Morgan fingerprint density at radius 1 is 1.60 bits per heavy atom. The van der Waals surface area contributed by atoms with E-state index in [1.165, 1.54) is 6.26 Å². The van der Waals surface area contributed by atoms with Crippen LogP contribution in [0.25, 0.3) is 5.65 Å². The molecule has 8 heteroatoms. The molecule has 0 aliphatic rings. The maximum atomic E-state index is 10.7. The molecular weight excluding hydrogens is 240 g/mol. The number of aryl methyl sites for hydroxylation is 1. The average Bonchev–Trinajstić information content (AvgIpc) is 2.67. The number of nitrogens with zero attached hydrogens (tertiary/aromatic N) is 3. The van der Waals surface area contributed by atoms with Gasteiger partial charge in [0.25, 0.3) is 0 Å². The van der Waals surface area contributed by atoms with Crippen LogP contribution >= 0.6 is 11.6 Å². The molecule has 1 N–H and O–H groups in total. The summed E-state index contributed by atoms with van der Waals surface area (Å²) in [6, 6.07) is 0. The van der Waals surface area contributed by atoms with Crippen molar-refractivity contribution in [1.82, 2.24) is 19.8 Å². The monoisotopic (exact) mass is 248 g/mol. The van der Waals surface area contributed by atoms with E-state index in [0.717, 1.165) is 5.69 Å². The van der Waals surface area contributed by atoms with Crippen molar-refractivity contribution in [3.05, 3.63) is 16.5 Å². The lowest BCUT2D eigenvalue weighted by Gasteiger charge is -1.96. The van der Waals surface area contributed by atoms with Crippen LogP contribution in [-0.4, -0.2) is 30.3 Å². The minimum absolute atomic E-state index is 0.126. The molecule has 2 aromatic rings. The first kappa shape index (κ1) is 10.6. The van der Waals surface area contributed by atoms with E-state index in [1.54, 1.807) is 4.52 Å². The average molecular weight is 249 g/mol. The zero-order valence-corrected chi connectivity index (χ0v) is 9.72. The highest BCUT2D eigenvalue weighted by Crippen LogP contribution is 2.19. The number of H-pyrrole nitrogens is 1. The van der Waals surface area contributed by atoms with E-state index in [0.29, 0.717) is 16.5 Å². The van der Waals surface area contributed by atoms with E-state index in [-0.39, 0.29) is 6.61 Å². The molecule has 0 bridgehead atoms. The molecule has 2 rings (SSSR count). The zero-order valence-electron chi connectivity index (χ0n) is 8.15. The summed E-state index contributed by atoms with van der Waals surface area (Å²) >= 11 is 4.64. The van der Waals surface area contributed by atoms with Gasteiger partial charge in [0.05, 0.1) is 5.69 Å². The van der Waals surface area contributed by atoms with Gasteiger partial charge in [-0.25, -0.2) is 8.72 Å². The van der Waals surface area contributed by atoms with Gasteiger partial charge < -0.3 is 0 Å². The number of halogens is 1. The van der Waals surface area contributed by atoms with Gasteiger partial charge in [0.2, 0.25) is 0 Å². The Bertz CT molecular complexity index is 520. The second kappa shape index (κ2) is 3.92. The molecular formula is C7H9ClN4O2S. The van der Waals surface area contributed by atoms with E-state index in [4.69, 9.17) is 15.8 Å². The van der Waals surface area contributed by atoms with E-state index >= 15 is 0 Å². The van der Waals surface area contributed by atoms with Crippen LogP contribution < -0.4 is 0 Å². The fourth-order valence-corrected chi connectivity index (χ4v) is 1.63. The maximum absolute atomic E-state index is 10.7. The summed E-state index contributed by atoms with van der Waals surface area (Å²) in [5, 5.41) is 11.3. The molecule has 6 nitrogen and oxygen atoms in total. The van der Waals surface area contributed by atoms with Crippen molar-refractivity contribution < 1.29 is 8.39 Å². The second-order valence-corrected chi connectivity index (χ2v) is 4.41. The highest BCUT2D eigenvalue weighted by atomic mass is 35.5. The quantitative estimate of drug-likeness (QED) is 0.873. The van der Waals surface area contributed by atoms with Crippen molar-refractivity contribution in [2.75, 3.05) is 6.26 Å². The maximum Gasteiger partial charge on any atom is 0.196 e. The Hall–Kier alpha value is -0.920. The molecule has 0 spiro atoms. The summed E-state index contributed by atoms with van der Waals surface area (Å²) in [5.74, 6) is 0.537. The van der Waals surface area contributed by atoms with E-state index < -0.39 is 11.1 Å². The lowest BCUT2D eigenvalue weighted by atomic mass is 10.5. The summed E-state index contributed by atoms with van der Waals surface area (Å²) in [4.78, 5) is 0. The molecule has 0 saturated heterocycles. The van der Waals surface area contributed by atoms with Crippen molar-refractivity contribution in [2.45, 2.75) is 13.5 Å². The predicted octanol–water partition coefficient (Wildman–Crippen LogP) is 0.829. The van der Waals surface area contributed by atoms with Crippen LogP contribution in [0, 0.1) is 6.92 Å². The van der Waals surface area contributed by atoms with Gasteiger partial charge >= 0.3 is 0 Å². The van der Waals surface area contributed by atoms with Gasteiger partial charge in [-0.2, -0.15) is 0 Å². The first-order valence-corrected chi connectivity index (χ1v) is 6.00. The number of hydrogen-bond donors (Lipinski definition) is 1. The first-order valence-electron chi connectivity index (χ1n) is 4.14. The summed E-state index contributed by atoms with van der Waals surface area (Å²) in [6.45, 7) is 1.96. The van der Waals surface area contributed by atoms with Crippen molar-refractivity contribution >= 4 is 28.3 Å². The van der Waals surface area contributed by atoms with Crippen molar-refractivity contribution in [1.29, 1.82) is 0 Å². The predicted molar refractivity (Wildman–Crippen MR) is 55.9 cm³/mol. The number of hydrogen-bond acceptors (Lipinski definition) is 4. The van der Waals surface area contributed by atoms with Crippen LogP contribution in [0.5, 0.6) is 0 Å². The van der Waals surface area contributed by atoms with Crippen LogP contribution in [0.15, 0.2) is 0 Å². The van der Waals surface area contributed by atoms with Gasteiger partial charge in [-0.05, 0) is 6.92 Å². The van der Waals surface area contributed by atoms with Gasteiger partial charge in [-0.1, -0.05) is 11.6 Å². The fraction of sp³-hybridized carbons (Fsp3) is 0.429. The Balaban J connectivity index is 2.36. The first-order chi connectivity index (χ1) is 7.09. The van der Waals surface area contributed by atoms with Crippen molar-refractivity contribution in [3.63, 3.8) is 0 Å². The molecule has 2 aromatic heterocycles. The third-order valence-electron chi connectivity index (χ3n) is 1.89. The van der Waals surface area contributed by atoms with Crippen LogP contribution in [-0.2, 0) is 21.9 Å². The normalized spacial score (nSPS) is 13.5. The standard InChI is InChI=1S/C7H9ClN4O2S/c1-4-6(8)7-10-9-5(12(7)11-4)3-14-15(2)13/h11H,3H2,1-2H3. The summed E-state index contributed by atoms with van der Waals surface area (Å²) in [7, 11) is 0. The summed E-state index contributed by atoms with van der Waals surface area (Å²) in [5.41, 5.74) is 1.36. The summed E-state index contributed by atoms with van der Waals surface area (Å²) < 4.78 is 17.3. The topological polar surface area (TPSA) is 72.3 Å². The molecule has 0 aliphatic heterocycles. The van der Waals surface area contributed by atoms with Crippen LogP contribution in [0.3, 0.4) is 0 Å². The summed E-state index contributed by atoms with van der Waals surface area (Å²) in [6.07, 6.45) is 1.45. The highest BCUT2D eigenvalue weighted by Gasteiger charge is 2.13. The molecule has 1 atom stereocenters. The molecule has 0 aromatic carbocycles. The second-order valence-electron chi connectivity index (χ2n) is 2.99. The molecule has 0 saturated carbocycles. The third kappa shape index (κ3) is 1.90. The van der Waals surface area contributed by atoms with Crippen LogP contribution in [0.2, 0.25) is 5.02 Å². The lowest BCUT2D eigenvalue weighted by Crippen LogP contribution is -2.01. The van der Waals surface area contributed by atoms with Gasteiger partial charge in [-0.3, -0.25) is 9.28 Å². The molecule has 15 heavy (non-hydrogen) atoms. The van der Waals surface area contributed by atoms with E-state index in [1.807, 2.05) is 6.92 Å². The van der Waals surface area contributed by atoms with E-state index in [9.17, 15) is 4.21 Å². The molecule has 0 radical (unpaired) electrons. The minimum Gasteiger partial charge on any atom is -0.294 e. The molecule has 0 fully saturated rings. The van der Waals surface area contributed by atoms with Crippen LogP contribution in [0.4, 0.5) is 0 Å². The third-order valence-corrected chi connectivity index (χ3v) is 2.79. The molecule has 0 aliphatic carbocycles. The fourth-order valence-electron chi connectivity index (χ4n) is 1.19. The van der Waals surface area contributed by atoms with E-state index in [2.05, 4.69) is 15.3 Å². The number of aromatic amines is 1. The Kier molecular flexibility index (Phi) is 2.76. The van der Waals surface area contributed by atoms with Gasteiger partial charge in [0.1, 0.15) is 11.6 Å². The molecule has 2 heterocycles. The van der Waals surface area contributed by atoms with Gasteiger partial charge in [0, 0.05) is 6.26 Å². The largest absolute Gasteiger partial charge is 0.294 e.